The van der Waals surface area contributed by atoms with E-state index < -0.39 is 6.10 Å². The van der Waals surface area contributed by atoms with E-state index in [1.54, 1.807) is 7.11 Å². The summed E-state index contributed by atoms with van der Waals surface area (Å²) in [6, 6.07) is 17.4. The summed E-state index contributed by atoms with van der Waals surface area (Å²) in [5.41, 5.74) is 3.39. The van der Waals surface area contributed by atoms with E-state index in [-0.39, 0.29) is 5.56 Å². The highest BCUT2D eigenvalue weighted by Gasteiger charge is 2.23. The number of aliphatic hydroxyl groups excluding tert-OH is 1. The van der Waals surface area contributed by atoms with Crippen LogP contribution in [0.2, 0.25) is 0 Å². The molecule has 2 heterocycles. The average Bonchev–Trinajstić information content (AvgIpc) is 2.75. The van der Waals surface area contributed by atoms with E-state index in [2.05, 4.69) is 9.88 Å². The molecular weight excluding hydrogens is 366 g/mol. The van der Waals surface area contributed by atoms with Crippen molar-refractivity contribution in [3.05, 3.63) is 93.2 Å². The molecule has 1 unspecified atom stereocenters. The molecule has 0 amide bonds. The van der Waals surface area contributed by atoms with Crippen LogP contribution in [0.15, 0.2) is 59.4 Å². The van der Waals surface area contributed by atoms with E-state index in [4.69, 9.17) is 9.72 Å². The Balaban J connectivity index is 1.47. The number of rotatable bonds is 6. The SMILES string of the molecule is COc1cccc(Cc2nc3c(c(=O)[nH]2)CN(CC(O)c2ccccc2)CC3)c1. The van der Waals surface area contributed by atoms with Gasteiger partial charge in [-0.05, 0) is 23.3 Å². The molecule has 0 spiro atoms. The standard InChI is InChI=1S/C23H25N3O3/c1-29-18-9-5-6-16(12-18)13-22-24-20-10-11-26(14-19(20)23(28)25-22)15-21(27)17-7-3-2-4-8-17/h2-9,12,21,27H,10-11,13-15H2,1H3,(H,24,25,28). The maximum Gasteiger partial charge on any atom is 0.255 e. The summed E-state index contributed by atoms with van der Waals surface area (Å²) < 4.78 is 5.26. The Morgan fingerprint density at radius 1 is 1.21 bits per heavy atom. The summed E-state index contributed by atoms with van der Waals surface area (Å²) in [4.78, 5) is 22.4. The van der Waals surface area contributed by atoms with Gasteiger partial charge < -0.3 is 14.8 Å². The molecule has 1 atom stereocenters. The highest BCUT2D eigenvalue weighted by Crippen LogP contribution is 2.20. The Bertz CT molecular complexity index is 1030. The summed E-state index contributed by atoms with van der Waals surface area (Å²) in [5.74, 6) is 1.45. The minimum absolute atomic E-state index is 0.0909. The van der Waals surface area contributed by atoms with Gasteiger partial charge in [-0.2, -0.15) is 0 Å². The quantitative estimate of drug-likeness (QED) is 0.675. The fourth-order valence-electron chi connectivity index (χ4n) is 3.77. The molecule has 1 aliphatic heterocycles. The van der Waals surface area contributed by atoms with Crippen LogP contribution in [-0.2, 0) is 19.4 Å². The van der Waals surface area contributed by atoms with Crippen molar-refractivity contribution < 1.29 is 9.84 Å². The number of ether oxygens (including phenoxy) is 1. The van der Waals surface area contributed by atoms with Crippen LogP contribution in [0, 0.1) is 0 Å². The van der Waals surface area contributed by atoms with Gasteiger partial charge in [-0.25, -0.2) is 4.98 Å². The van der Waals surface area contributed by atoms with Crippen LogP contribution in [0.4, 0.5) is 0 Å². The van der Waals surface area contributed by atoms with Gasteiger partial charge in [0, 0.05) is 32.5 Å². The minimum Gasteiger partial charge on any atom is -0.497 e. The first-order chi connectivity index (χ1) is 14.1. The summed E-state index contributed by atoms with van der Waals surface area (Å²) in [6.45, 7) is 1.77. The number of benzene rings is 2. The van der Waals surface area contributed by atoms with Crippen molar-refractivity contribution in [3.8, 4) is 5.75 Å². The van der Waals surface area contributed by atoms with Crippen LogP contribution in [0.1, 0.15) is 34.3 Å². The number of nitrogens with zero attached hydrogens (tertiary/aromatic N) is 2. The number of fused-ring (bicyclic) bond motifs is 1. The lowest BCUT2D eigenvalue weighted by Gasteiger charge is -2.29. The van der Waals surface area contributed by atoms with E-state index in [1.165, 1.54) is 0 Å². The third-order valence-corrected chi connectivity index (χ3v) is 5.32. The van der Waals surface area contributed by atoms with Crippen molar-refractivity contribution in [2.75, 3.05) is 20.2 Å². The largest absolute Gasteiger partial charge is 0.497 e. The Morgan fingerprint density at radius 2 is 2.03 bits per heavy atom. The molecular formula is C23H25N3O3. The molecule has 29 heavy (non-hydrogen) atoms. The van der Waals surface area contributed by atoms with Crippen LogP contribution in [-0.4, -0.2) is 40.2 Å². The lowest BCUT2D eigenvalue weighted by molar-refractivity contribution is 0.105. The van der Waals surface area contributed by atoms with Gasteiger partial charge in [-0.1, -0.05) is 42.5 Å². The number of aliphatic hydroxyl groups is 1. The third kappa shape index (κ3) is 4.55. The fourth-order valence-corrected chi connectivity index (χ4v) is 3.77. The first-order valence-electron chi connectivity index (χ1n) is 9.81. The van der Waals surface area contributed by atoms with Crippen molar-refractivity contribution in [2.24, 2.45) is 0 Å². The summed E-state index contributed by atoms with van der Waals surface area (Å²) in [7, 11) is 1.64. The van der Waals surface area contributed by atoms with Gasteiger partial charge in [0.15, 0.2) is 0 Å². The highest BCUT2D eigenvalue weighted by atomic mass is 16.5. The molecule has 2 aromatic carbocycles. The predicted molar refractivity (Wildman–Crippen MR) is 111 cm³/mol. The number of nitrogens with one attached hydrogen (secondary N) is 1. The molecule has 1 aliphatic rings. The van der Waals surface area contributed by atoms with Gasteiger partial charge in [0.1, 0.15) is 11.6 Å². The Hall–Kier alpha value is -2.96. The van der Waals surface area contributed by atoms with Crippen LogP contribution >= 0.6 is 0 Å². The maximum absolute atomic E-state index is 12.7. The molecule has 6 heteroatoms. The second-order valence-electron chi connectivity index (χ2n) is 7.38. The third-order valence-electron chi connectivity index (χ3n) is 5.32. The number of H-pyrrole nitrogens is 1. The number of methoxy groups -OCH3 is 1. The van der Waals surface area contributed by atoms with Gasteiger partial charge in [0.05, 0.1) is 24.5 Å². The molecule has 6 nitrogen and oxygen atoms in total. The molecule has 150 valence electrons. The lowest BCUT2D eigenvalue weighted by atomic mass is 10.0. The number of hydrogen-bond donors (Lipinski definition) is 2. The van der Waals surface area contributed by atoms with Gasteiger partial charge >= 0.3 is 0 Å². The van der Waals surface area contributed by atoms with Gasteiger partial charge in [-0.15, -0.1) is 0 Å². The lowest BCUT2D eigenvalue weighted by Crippen LogP contribution is -2.38. The average molecular weight is 391 g/mol. The van der Waals surface area contributed by atoms with Crippen molar-refractivity contribution in [1.82, 2.24) is 14.9 Å². The zero-order chi connectivity index (χ0) is 20.2. The predicted octanol–water partition coefficient (Wildman–Crippen LogP) is 2.46. The molecule has 1 aromatic heterocycles. The molecule has 0 saturated heterocycles. The van der Waals surface area contributed by atoms with Crippen molar-refractivity contribution in [1.29, 1.82) is 0 Å². The topological polar surface area (TPSA) is 78.5 Å². The highest BCUT2D eigenvalue weighted by molar-refractivity contribution is 5.31. The zero-order valence-electron chi connectivity index (χ0n) is 16.5. The Kier molecular flexibility index (Phi) is 5.74. The molecule has 0 aliphatic carbocycles. The normalized spacial score (nSPS) is 15.0. The first kappa shape index (κ1) is 19.4. The summed E-state index contributed by atoms with van der Waals surface area (Å²) >= 11 is 0. The van der Waals surface area contributed by atoms with Crippen molar-refractivity contribution >= 4 is 0 Å². The fraction of sp³-hybridized carbons (Fsp3) is 0.304. The Morgan fingerprint density at radius 3 is 2.83 bits per heavy atom. The molecule has 0 radical (unpaired) electrons. The molecule has 3 aromatic rings. The van der Waals surface area contributed by atoms with Crippen LogP contribution in [0.5, 0.6) is 5.75 Å². The Labute approximate surface area is 169 Å². The first-order valence-corrected chi connectivity index (χ1v) is 9.81. The van der Waals surface area contributed by atoms with Gasteiger partial charge in [0.25, 0.3) is 5.56 Å². The van der Waals surface area contributed by atoms with E-state index in [9.17, 15) is 9.90 Å². The van der Waals surface area contributed by atoms with E-state index in [0.717, 1.165) is 29.1 Å². The minimum atomic E-state index is -0.572. The summed E-state index contributed by atoms with van der Waals surface area (Å²) in [5, 5.41) is 10.5. The maximum atomic E-state index is 12.7. The van der Waals surface area contributed by atoms with E-state index >= 15 is 0 Å². The van der Waals surface area contributed by atoms with E-state index in [1.807, 2.05) is 54.6 Å². The molecule has 0 saturated carbocycles. The van der Waals surface area contributed by atoms with E-state index in [0.29, 0.717) is 37.3 Å². The number of aromatic nitrogens is 2. The molecule has 2 N–H and O–H groups in total. The van der Waals surface area contributed by atoms with Crippen LogP contribution < -0.4 is 10.3 Å². The monoisotopic (exact) mass is 391 g/mol. The number of aromatic amines is 1. The zero-order valence-corrected chi connectivity index (χ0v) is 16.5. The molecule has 0 bridgehead atoms. The van der Waals surface area contributed by atoms with Gasteiger partial charge in [-0.3, -0.25) is 9.69 Å². The number of hydrogen-bond acceptors (Lipinski definition) is 5. The van der Waals surface area contributed by atoms with Crippen LogP contribution in [0.25, 0.3) is 0 Å². The van der Waals surface area contributed by atoms with Crippen molar-refractivity contribution in [3.63, 3.8) is 0 Å². The molecule has 0 fully saturated rings. The van der Waals surface area contributed by atoms with Gasteiger partial charge in [0.2, 0.25) is 0 Å². The second-order valence-corrected chi connectivity index (χ2v) is 7.38. The smallest absolute Gasteiger partial charge is 0.255 e. The number of β-amino-alcohol motifs (C(OH)–C–C–N with tert-alkyl or cyclic N) is 1. The summed E-state index contributed by atoms with van der Waals surface area (Å²) in [6.07, 6.45) is 0.680. The molecule has 4 rings (SSSR count). The van der Waals surface area contributed by atoms with Crippen LogP contribution in [0.3, 0.4) is 0 Å². The van der Waals surface area contributed by atoms with Crippen molar-refractivity contribution in [2.45, 2.75) is 25.5 Å². The second kappa shape index (κ2) is 8.59.